The molecule has 0 fully saturated rings. The first-order valence-electron chi connectivity index (χ1n) is 8.39. The van der Waals surface area contributed by atoms with Crippen molar-refractivity contribution in [1.29, 1.82) is 0 Å². The third-order valence-corrected chi connectivity index (χ3v) is 4.65. The topological polar surface area (TPSA) is 87.2 Å². The van der Waals surface area contributed by atoms with Crippen molar-refractivity contribution in [1.82, 2.24) is 14.8 Å². The average Bonchev–Trinajstić information content (AvgIpc) is 3.19. The van der Waals surface area contributed by atoms with Gasteiger partial charge < -0.3 is 9.15 Å². The molecule has 0 aliphatic rings. The fourth-order valence-corrected chi connectivity index (χ4v) is 3.14. The molecule has 0 saturated carbocycles. The highest BCUT2D eigenvalue weighted by atomic mass is 79.9. The van der Waals surface area contributed by atoms with E-state index in [9.17, 15) is 9.59 Å². The number of fused-ring (bicyclic) bond motifs is 1. The fourth-order valence-electron chi connectivity index (χ4n) is 2.80. The zero-order chi connectivity index (χ0) is 19.5. The third kappa shape index (κ3) is 4.01. The van der Waals surface area contributed by atoms with E-state index in [1.807, 2.05) is 24.3 Å². The molecular formula is C20H14BrN3O4. The van der Waals surface area contributed by atoms with Gasteiger partial charge in [0.25, 0.3) is 0 Å². The highest BCUT2D eigenvalue weighted by molar-refractivity contribution is 9.10. The summed E-state index contributed by atoms with van der Waals surface area (Å²) in [6.07, 6.45) is 3.10. The number of carbonyl (C=O) groups is 1. The van der Waals surface area contributed by atoms with Crippen LogP contribution in [0.4, 0.5) is 0 Å². The van der Waals surface area contributed by atoms with Crippen LogP contribution in [0.15, 0.2) is 74.9 Å². The number of esters is 1. The number of carbonyl (C=O) groups excluding carboxylic acids is 1. The summed E-state index contributed by atoms with van der Waals surface area (Å²) in [4.78, 5) is 28.0. The Morgan fingerprint density at radius 1 is 1.14 bits per heavy atom. The smallest absolute Gasteiger partial charge is 0.338 e. The summed E-state index contributed by atoms with van der Waals surface area (Å²) < 4.78 is 13.1. The van der Waals surface area contributed by atoms with Crippen molar-refractivity contribution in [3.05, 3.63) is 92.8 Å². The van der Waals surface area contributed by atoms with Crippen molar-refractivity contribution < 1.29 is 13.9 Å². The van der Waals surface area contributed by atoms with Gasteiger partial charge in [0.2, 0.25) is 0 Å². The Morgan fingerprint density at radius 3 is 2.71 bits per heavy atom. The summed E-state index contributed by atoms with van der Waals surface area (Å²) in [6, 6.07) is 13.8. The Bertz CT molecular complexity index is 1180. The van der Waals surface area contributed by atoms with Gasteiger partial charge in [-0.05, 0) is 35.9 Å². The van der Waals surface area contributed by atoms with Gasteiger partial charge in [-0.2, -0.15) is 5.10 Å². The monoisotopic (exact) mass is 439 g/mol. The first-order chi connectivity index (χ1) is 13.6. The third-order valence-electron chi connectivity index (χ3n) is 4.15. The number of ether oxygens (including phenoxy) is 1. The number of hydrogen-bond donors (Lipinski definition) is 0. The van der Waals surface area contributed by atoms with Gasteiger partial charge >= 0.3 is 11.6 Å². The van der Waals surface area contributed by atoms with E-state index in [0.717, 1.165) is 15.4 Å². The Balaban J connectivity index is 1.47. The molecule has 0 saturated heterocycles. The Kier molecular flexibility index (Phi) is 5.03. The maximum absolute atomic E-state index is 12.4. The van der Waals surface area contributed by atoms with Gasteiger partial charge in [-0.1, -0.05) is 28.1 Å². The number of halogens is 1. The van der Waals surface area contributed by atoms with Crippen LogP contribution in [0.25, 0.3) is 11.0 Å². The van der Waals surface area contributed by atoms with E-state index in [1.54, 1.807) is 29.2 Å². The quantitative estimate of drug-likeness (QED) is 0.349. The number of rotatable bonds is 5. The van der Waals surface area contributed by atoms with Gasteiger partial charge in [0, 0.05) is 21.5 Å². The average molecular weight is 440 g/mol. The molecule has 0 radical (unpaired) electrons. The van der Waals surface area contributed by atoms with E-state index in [1.165, 1.54) is 12.4 Å². The van der Waals surface area contributed by atoms with Crippen LogP contribution in [0.2, 0.25) is 0 Å². The number of nitrogens with zero attached hydrogens (tertiary/aromatic N) is 3. The van der Waals surface area contributed by atoms with Crippen LogP contribution in [0.5, 0.6) is 0 Å². The molecule has 4 rings (SSSR count). The molecule has 2 aromatic carbocycles. The van der Waals surface area contributed by atoms with Crippen LogP contribution in [0.3, 0.4) is 0 Å². The first-order valence-corrected chi connectivity index (χ1v) is 9.18. The zero-order valence-corrected chi connectivity index (χ0v) is 16.1. The van der Waals surface area contributed by atoms with E-state index in [-0.39, 0.29) is 6.61 Å². The number of hydrogen-bond acceptors (Lipinski definition) is 6. The van der Waals surface area contributed by atoms with Crippen LogP contribution >= 0.6 is 15.9 Å². The summed E-state index contributed by atoms with van der Waals surface area (Å²) >= 11 is 3.34. The molecule has 0 unspecified atom stereocenters. The second-order valence-electron chi connectivity index (χ2n) is 6.10. The minimum Gasteiger partial charge on any atom is -0.457 e. The number of benzene rings is 2. The van der Waals surface area contributed by atoms with Crippen LogP contribution in [0, 0.1) is 0 Å². The minimum atomic E-state index is -0.492. The van der Waals surface area contributed by atoms with Gasteiger partial charge in [0.05, 0.1) is 12.1 Å². The molecule has 0 atom stereocenters. The minimum absolute atomic E-state index is 0.0245. The molecule has 7 nitrogen and oxygen atoms in total. The van der Waals surface area contributed by atoms with Crippen molar-refractivity contribution in [2.24, 2.45) is 0 Å². The molecule has 140 valence electrons. The van der Waals surface area contributed by atoms with Crippen molar-refractivity contribution >= 4 is 32.9 Å². The second kappa shape index (κ2) is 7.77. The highest BCUT2D eigenvalue weighted by Crippen LogP contribution is 2.22. The summed E-state index contributed by atoms with van der Waals surface area (Å²) in [7, 11) is 0. The summed E-state index contributed by atoms with van der Waals surface area (Å²) in [5, 5.41) is 4.77. The van der Waals surface area contributed by atoms with Crippen LogP contribution in [-0.2, 0) is 17.9 Å². The largest absolute Gasteiger partial charge is 0.457 e. The standard InChI is InChI=1S/C20H14BrN3O4/c21-16-5-6-17-15(7-19(25)28-18(17)8-16)10-27-20(26)14-3-1-13(2-4-14)9-24-12-22-11-23-24/h1-8,11-12H,9-10H2. The van der Waals surface area contributed by atoms with E-state index in [4.69, 9.17) is 9.15 Å². The van der Waals surface area contributed by atoms with Gasteiger partial charge in [-0.3, -0.25) is 0 Å². The van der Waals surface area contributed by atoms with E-state index in [0.29, 0.717) is 23.3 Å². The molecule has 0 N–H and O–H groups in total. The summed E-state index contributed by atoms with van der Waals surface area (Å²) in [5.74, 6) is -0.467. The summed E-state index contributed by atoms with van der Waals surface area (Å²) in [5.41, 5.74) is 1.95. The van der Waals surface area contributed by atoms with Crippen LogP contribution in [0.1, 0.15) is 21.5 Å². The maximum atomic E-state index is 12.4. The predicted octanol–water partition coefficient (Wildman–Crippen LogP) is 3.55. The SMILES string of the molecule is O=C(OCc1cc(=O)oc2cc(Br)ccc12)c1ccc(Cn2cncn2)cc1. The van der Waals surface area contributed by atoms with Gasteiger partial charge in [0.1, 0.15) is 24.8 Å². The molecular weight excluding hydrogens is 426 g/mol. The Morgan fingerprint density at radius 2 is 1.96 bits per heavy atom. The maximum Gasteiger partial charge on any atom is 0.338 e. The normalized spacial score (nSPS) is 10.9. The van der Waals surface area contributed by atoms with Crippen molar-refractivity contribution in [2.45, 2.75) is 13.2 Å². The van der Waals surface area contributed by atoms with Gasteiger partial charge in [-0.15, -0.1) is 0 Å². The van der Waals surface area contributed by atoms with E-state index in [2.05, 4.69) is 26.0 Å². The van der Waals surface area contributed by atoms with Crippen LogP contribution in [-0.4, -0.2) is 20.7 Å². The first kappa shape index (κ1) is 18.1. The summed E-state index contributed by atoms with van der Waals surface area (Å²) in [6.45, 7) is 0.542. The molecule has 8 heteroatoms. The predicted molar refractivity (Wildman–Crippen MR) is 105 cm³/mol. The van der Waals surface area contributed by atoms with Crippen molar-refractivity contribution in [2.75, 3.05) is 0 Å². The molecule has 0 amide bonds. The van der Waals surface area contributed by atoms with Crippen molar-refractivity contribution in [3.8, 4) is 0 Å². The molecule has 4 aromatic rings. The Labute approximate surface area is 167 Å². The van der Waals surface area contributed by atoms with Crippen LogP contribution < -0.4 is 5.63 Å². The molecule has 0 spiro atoms. The lowest BCUT2D eigenvalue weighted by atomic mass is 10.1. The van der Waals surface area contributed by atoms with Gasteiger partial charge in [-0.25, -0.2) is 19.3 Å². The Hall–Kier alpha value is -3.26. The zero-order valence-electron chi connectivity index (χ0n) is 14.5. The molecule has 2 heterocycles. The number of aromatic nitrogens is 3. The lowest BCUT2D eigenvalue weighted by molar-refractivity contribution is 0.0474. The molecule has 0 aliphatic heterocycles. The molecule has 2 aromatic heterocycles. The lowest BCUT2D eigenvalue weighted by Gasteiger charge is -2.08. The molecule has 0 bridgehead atoms. The van der Waals surface area contributed by atoms with E-state index < -0.39 is 11.6 Å². The second-order valence-corrected chi connectivity index (χ2v) is 7.01. The van der Waals surface area contributed by atoms with E-state index >= 15 is 0 Å². The highest BCUT2D eigenvalue weighted by Gasteiger charge is 2.11. The van der Waals surface area contributed by atoms with Crippen molar-refractivity contribution in [3.63, 3.8) is 0 Å². The van der Waals surface area contributed by atoms with Gasteiger partial charge in [0.15, 0.2) is 0 Å². The molecule has 0 aliphatic carbocycles. The lowest BCUT2D eigenvalue weighted by Crippen LogP contribution is -2.08. The molecule has 28 heavy (non-hydrogen) atoms. The fraction of sp³-hybridized carbons (Fsp3) is 0.100.